The summed E-state index contributed by atoms with van der Waals surface area (Å²) in [5.74, 6) is 1.52. The van der Waals surface area contributed by atoms with Crippen molar-refractivity contribution in [2.45, 2.75) is 46.2 Å². The van der Waals surface area contributed by atoms with Gasteiger partial charge in [-0.25, -0.2) is 4.98 Å². The first-order valence-electron chi connectivity index (χ1n) is 7.77. The number of rotatable bonds is 6. The Bertz CT molecular complexity index is 679. The van der Waals surface area contributed by atoms with Gasteiger partial charge < -0.3 is 19.6 Å². The van der Waals surface area contributed by atoms with E-state index >= 15 is 0 Å². The van der Waals surface area contributed by atoms with Crippen LogP contribution in [0.2, 0.25) is 0 Å². The maximum absolute atomic E-state index is 11.4. The summed E-state index contributed by atoms with van der Waals surface area (Å²) in [4.78, 5) is 17.8. The third kappa shape index (κ3) is 4.22. The number of furan rings is 1. The zero-order valence-electron chi connectivity index (χ0n) is 14.6. The van der Waals surface area contributed by atoms with Gasteiger partial charge in [0.2, 0.25) is 0 Å². The van der Waals surface area contributed by atoms with E-state index in [9.17, 15) is 4.79 Å². The van der Waals surface area contributed by atoms with Crippen LogP contribution in [0.25, 0.3) is 0 Å². The molecular weight excluding hydrogens is 292 g/mol. The molecule has 0 spiro atoms. The Hall–Kier alpha value is -2.08. The minimum Gasteiger partial charge on any atom is -0.455 e. The highest BCUT2D eigenvalue weighted by atomic mass is 16.4. The van der Waals surface area contributed by atoms with Crippen LogP contribution in [0.4, 0.5) is 0 Å². The van der Waals surface area contributed by atoms with Crippen molar-refractivity contribution < 1.29 is 9.21 Å². The summed E-state index contributed by atoms with van der Waals surface area (Å²) >= 11 is 0. The minimum absolute atomic E-state index is 0.176. The zero-order valence-corrected chi connectivity index (χ0v) is 14.6. The summed E-state index contributed by atoms with van der Waals surface area (Å²) < 4.78 is 7.81. The second-order valence-corrected chi connectivity index (χ2v) is 6.98. The molecule has 0 saturated carbocycles. The molecule has 0 aliphatic rings. The van der Waals surface area contributed by atoms with Crippen molar-refractivity contribution >= 4 is 5.91 Å². The average molecular weight is 318 g/mol. The van der Waals surface area contributed by atoms with Crippen molar-refractivity contribution in [2.24, 2.45) is 5.73 Å². The molecule has 2 aromatic rings. The van der Waals surface area contributed by atoms with E-state index < -0.39 is 5.91 Å². The molecule has 6 heteroatoms. The number of aryl methyl sites for hydroxylation is 1. The molecule has 2 rings (SSSR count). The van der Waals surface area contributed by atoms with Crippen molar-refractivity contribution in [3.63, 3.8) is 0 Å². The second-order valence-electron chi connectivity index (χ2n) is 6.98. The number of amides is 1. The Morgan fingerprint density at radius 2 is 2.13 bits per heavy atom. The molecule has 2 N–H and O–H groups in total. The van der Waals surface area contributed by atoms with Crippen LogP contribution in [0.1, 0.15) is 48.5 Å². The third-order valence-electron chi connectivity index (χ3n) is 3.82. The highest BCUT2D eigenvalue weighted by molar-refractivity contribution is 5.90. The number of carbonyl (C=O) groups is 1. The number of primary amides is 1. The standard InChI is InChI=1S/C17H26N4O2/c1-12-19-6-7-21(12)9-8-20(5)11-13-10-14(16(18)22)23-15(13)17(2,3)4/h6-7,10H,8-9,11H2,1-5H3,(H2,18,22). The van der Waals surface area contributed by atoms with E-state index in [1.807, 2.05) is 19.3 Å². The quantitative estimate of drug-likeness (QED) is 0.886. The molecule has 0 aliphatic heterocycles. The number of nitrogens with zero attached hydrogens (tertiary/aromatic N) is 3. The van der Waals surface area contributed by atoms with Gasteiger partial charge in [0.25, 0.3) is 5.91 Å². The fourth-order valence-corrected chi connectivity index (χ4v) is 2.59. The normalized spacial score (nSPS) is 12.1. The highest BCUT2D eigenvalue weighted by Crippen LogP contribution is 2.29. The summed E-state index contributed by atoms with van der Waals surface area (Å²) in [7, 11) is 2.05. The van der Waals surface area contributed by atoms with E-state index in [1.165, 1.54) is 0 Å². The lowest BCUT2D eigenvalue weighted by Gasteiger charge is -2.21. The Balaban J connectivity index is 2.09. The molecular formula is C17H26N4O2. The van der Waals surface area contributed by atoms with E-state index in [1.54, 1.807) is 6.07 Å². The lowest BCUT2D eigenvalue weighted by molar-refractivity contribution is 0.0970. The number of likely N-dealkylation sites (N-methyl/N-ethyl adjacent to an activating group) is 1. The molecule has 2 aromatic heterocycles. The van der Waals surface area contributed by atoms with Crippen molar-refractivity contribution in [1.82, 2.24) is 14.5 Å². The topological polar surface area (TPSA) is 77.3 Å². The maximum Gasteiger partial charge on any atom is 0.284 e. The summed E-state index contributed by atoms with van der Waals surface area (Å²) in [6.07, 6.45) is 3.79. The van der Waals surface area contributed by atoms with Crippen LogP contribution in [0.3, 0.4) is 0 Å². The van der Waals surface area contributed by atoms with E-state index in [0.29, 0.717) is 6.54 Å². The van der Waals surface area contributed by atoms with Gasteiger partial charge in [-0.2, -0.15) is 0 Å². The molecule has 0 aromatic carbocycles. The summed E-state index contributed by atoms with van der Waals surface area (Å²) in [6.45, 7) is 10.6. The van der Waals surface area contributed by atoms with Gasteiger partial charge in [-0.05, 0) is 20.0 Å². The van der Waals surface area contributed by atoms with Crippen LogP contribution in [0.15, 0.2) is 22.9 Å². The molecule has 126 valence electrons. The SMILES string of the molecule is Cc1nccn1CCN(C)Cc1cc(C(N)=O)oc1C(C)(C)C. The Kier molecular flexibility index (Phi) is 4.94. The van der Waals surface area contributed by atoms with Gasteiger partial charge in [-0.15, -0.1) is 0 Å². The van der Waals surface area contributed by atoms with E-state index in [-0.39, 0.29) is 11.2 Å². The van der Waals surface area contributed by atoms with Crippen LogP contribution in [-0.4, -0.2) is 34.0 Å². The Labute approximate surface area is 137 Å². The molecule has 23 heavy (non-hydrogen) atoms. The molecule has 0 unspecified atom stereocenters. The highest BCUT2D eigenvalue weighted by Gasteiger charge is 2.25. The van der Waals surface area contributed by atoms with Crippen LogP contribution in [-0.2, 0) is 18.5 Å². The minimum atomic E-state index is -0.529. The Morgan fingerprint density at radius 3 is 2.65 bits per heavy atom. The predicted molar refractivity (Wildman–Crippen MR) is 89.2 cm³/mol. The van der Waals surface area contributed by atoms with Crippen molar-refractivity contribution in [2.75, 3.05) is 13.6 Å². The third-order valence-corrected chi connectivity index (χ3v) is 3.82. The summed E-state index contributed by atoms with van der Waals surface area (Å²) in [5, 5.41) is 0. The molecule has 1 amide bonds. The number of hydrogen-bond donors (Lipinski definition) is 1. The van der Waals surface area contributed by atoms with Crippen molar-refractivity contribution in [1.29, 1.82) is 0 Å². The van der Waals surface area contributed by atoms with Crippen molar-refractivity contribution in [3.8, 4) is 0 Å². The summed E-state index contributed by atoms with van der Waals surface area (Å²) in [6, 6.07) is 1.77. The van der Waals surface area contributed by atoms with Crippen LogP contribution in [0, 0.1) is 6.92 Å². The number of imidazole rings is 1. The number of nitrogens with two attached hydrogens (primary N) is 1. The number of hydrogen-bond acceptors (Lipinski definition) is 4. The molecule has 0 fully saturated rings. The van der Waals surface area contributed by atoms with Gasteiger partial charge in [0.1, 0.15) is 11.6 Å². The number of aromatic nitrogens is 2. The first-order valence-corrected chi connectivity index (χ1v) is 7.77. The van der Waals surface area contributed by atoms with Gasteiger partial charge in [-0.1, -0.05) is 20.8 Å². The van der Waals surface area contributed by atoms with Gasteiger partial charge >= 0.3 is 0 Å². The van der Waals surface area contributed by atoms with Gasteiger partial charge in [-0.3, -0.25) is 4.79 Å². The monoisotopic (exact) mass is 318 g/mol. The number of carbonyl (C=O) groups excluding carboxylic acids is 1. The Morgan fingerprint density at radius 1 is 1.43 bits per heavy atom. The van der Waals surface area contributed by atoms with E-state index in [2.05, 4.69) is 42.3 Å². The lowest BCUT2D eigenvalue weighted by Crippen LogP contribution is -2.24. The first-order chi connectivity index (χ1) is 10.7. The van der Waals surface area contributed by atoms with Crippen LogP contribution in [0.5, 0.6) is 0 Å². The molecule has 0 bridgehead atoms. The second kappa shape index (κ2) is 6.58. The lowest BCUT2D eigenvalue weighted by atomic mass is 9.90. The summed E-state index contributed by atoms with van der Waals surface area (Å²) in [5.41, 5.74) is 6.19. The maximum atomic E-state index is 11.4. The molecule has 2 heterocycles. The van der Waals surface area contributed by atoms with Crippen molar-refractivity contribution in [3.05, 3.63) is 41.4 Å². The van der Waals surface area contributed by atoms with E-state index in [0.717, 1.165) is 30.2 Å². The zero-order chi connectivity index (χ0) is 17.2. The van der Waals surface area contributed by atoms with Crippen LogP contribution >= 0.6 is 0 Å². The van der Waals surface area contributed by atoms with E-state index in [4.69, 9.17) is 10.2 Å². The van der Waals surface area contributed by atoms with Gasteiger partial charge in [0.05, 0.1) is 0 Å². The van der Waals surface area contributed by atoms with Gasteiger partial charge in [0.15, 0.2) is 5.76 Å². The molecule has 0 atom stereocenters. The average Bonchev–Trinajstić information content (AvgIpc) is 3.02. The molecule has 0 aliphatic carbocycles. The first kappa shape index (κ1) is 17.3. The van der Waals surface area contributed by atoms with Crippen LogP contribution < -0.4 is 5.73 Å². The fraction of sp³-hybridized carbons (Fsp3) is 0.529. The molecule has 0 saturated heterocycles. The molecule has 0 radical (unpaired) electrons. The smallest absolute Gasteiger partial charge is 0.284 e. The van der Waals surface area contributed by atoms with Gasteiger partial charge in [0, 0.05) is 43.0 Å². The molecule has 6 nitrogen and oxygen atoms in total. The predicted octanol–water partition coefficient (Wildman–Crippen LogP) is 2.31. The largest absolute Gasteiger partial charge is 0.455 e. The fourth-order valence-electron chi connectivity index (χ4n) is 2.59.